The van der Waals surface area contributed by atoms with Gasteiger partial charge in [0, 0.05) is 6.07 Å². The van der Waals surface area contributed by atoms with E-state index in [1.54, 1.807) is 13.2 Å². The average molecular weight is 341 g/mol. The number of alkyl halides is 1. The predicted molar refractivity (Wildman–Crippen MR) is 71.6 cm³/mol. The zero-order valence-corrected chi connectivity index (χ0v) is 11.5. The van der Waals surface area contributed by atoms with E-state index >= 15 is 0 Å². The highest BCUT2D eigenvalue weighted by molar-refractivity contribution is 14.1. The molecule has 0 amide bonds. The van der Waals surface area contributed by atoms with Gasteiger partial charge in [0.1, 0.15) is 11.5 Å². The largest absolute Gasteiger partial charge is 0.497 e. The lowest BCUT2D eigenvalue weighted by Gasteiger charge is -2.08. The van der Waals surface area contributed by atoms with Crippen LogP contribution in [0, 0.1) is 0 Å². The molecule has 0 aliphatic rings. The van der Waals surface area contributed by atoms with Crippen LogP contribution >= 0.6 is 34.2 Å². The molecule has 4 heteroatoms. The molecule has 0 aliphatic heterocycles. The van der Waals surface area contributed by atoms with Gasteiger partial charge in [-0.3, -0.25) is 0 Å². The molecular weight excluding hydrogens is 326 g/mol. The van der Waals surface area contributed by atoms with Crippen LogP contribution in [0.2, 0.25) is 5.02 Å². The summed E-state index contributed by atoms with van der Waals surface area (Å²) in [6.45, 7) is 0.717. The van der Waals surface area contributed by atoms with E-state index in [0.29, 0.717) is 5.02 Å². The van der Waals surface area contributed by atoms with E-state index in [0.717, 1.165) is 29.0 Å². The third-order valence-corrected chi connectivity index (χ3v) is 2.98. The molecule has 0 bridgehead atoms. The minimum Gasteiger partial charge on any atom is -0.497 e. The maximum atomic E-state index is 6.01. The van der Waals surface area contributed by atoms with E-state index in [1.807, 2.05) is 12.1 Å². The van der Waals surface area contributed by atoms with E-state index in [9.17, 15) is 0 Å². The first-order chi connectivity index (χ1) is 7.27. The Labute approximate surface area is 109 Å². The van der Waals surface area contributed by atoms with Crippen molar-refractivity contribution in [3.63, 3.8) is 0 Å². The molecule has 15 heavy (non-hydrogen) atoms. The van der Waals surface area contributed by atoms with Crippen LogP contribution in [0.3, 0.4) is 0 Å². The first-order valence-corrected chi connectivity index (χ1v) is 6.70. The molecule has 84 valence electrons. The second-order valence-corrected chi connectivity index (χ2v) is 4.53. The second kappa shape index (κ2) is 7.17. The Morgan fingerprint density at radius 1 is 1.33 bits per heavy atom. The van der Waals surface area contributed by atoms with Crippen molar-refractivity contribution in [3.05, 3.63) is 23.2 Å². The number of halogens is 2. The molecule has 1 aromatic rings. The molecule has 0 aliphatic carbocycles. The van der Waals surface area contributed by atoms with Crippen LogP contribution in [0.15, 0.2) is 18.2 Å². The first-order valence-electron chi connectivity index (χ1n) is 4.80. The molecule has 0 aromatic heterocycles. The van der Waals surface area contributed by atoms with Crippen molar-refractivity contribution in [2.24, 2.45) is 0 Å². The van der Waals surface area contributed by atoms with Crippen LogP contribution < -0.4 is 9.47 Å². The van der Waals surface area contributed by atoms with Gasteiger partial charge in [0.05, 0.1) is 18.7 Å². The summed E-state index contributed by atoms with van der Waals surface area (Å²) in [5.74, 6) is 1.48. The number of unbranched alkanes of at least 4 members (excludes halogenated alkanes) is 1. The second-order valence-electron chi connectivity index (χ2n) is 3.04. The van der Waals surface area contributed by atoms with Crippen LogP contribution in [0.5, 0.6) is 11.5 Å². The van der Waals surface area contributed by atoms with E-state index in [-0.39, 0.29) is 0 Å². The van der Waals surface area contributed by atoms with Gasteiger partial charge in [-0.1, -0.05) is 34.2 Å². The van der Waals surface area contributed by atoms with Gasteiger partial charge in [-0.05, 0) is 29.4 Å². The smallest absolute Gasteiger partial charge is 0.138 e. The van der Waals surface area contributed by atoms with E-state index in [4.69, 9.17) is 21.1 Å². The zero-order valence-electron chi connectivity index (χ0n) is 8.63. The SMILES string of the molecule is COc1ccc(OCCCCI)c(Cl)c1. The summed E-state index contributed by atoms with van der Waals surface area (Å²) in [4.78, 5) is 0. The van der Waals surface area contributed by atoms with Crippen molar-refractivity contribution in [2.75, 3.05) is 18.1 Å². The molecule has 0 unspecified atom stereocenters. The Balaban J connectivity index is 2.47. The minimum atomic E-state index is 0.601. The molecule has 0 saturated carbocycles. The monoisotopic (exact) mass is 340 g/mol. The summed E-state index contributed by atoms with van der Waals surface area (Å²) in [7, 11) is 1.62. The van der Waals surface area contributed by atoms with E-state index < -0.39 is 0 Å². The molecule has 0 spiro atoms. The molecule has 0 heterocycles. The molecule has 0 saturated heterocycles. The third kappa shape index (κ3) is 4.47. The average Bonchev–Trinajstić information content (AvgIpc) is 2.26. The highest BCUT2D eigenvalue weighted by Crippen LogP contribution is 2.28. The van der Waals surface area contributed by atoms with Crippen LogP contribution in [-0.4, -0.2) is 18.1 Å². The quantitative estimate of drug-likeness (QED) is 0.444. The summed E-state index contributed by atoms with van der Waals surface area (Å²) in [5, 5.41) is 0.601. The van der Waals surface area contributed by atoms with Crippen molar-refractivity contribution >= 4 is 34.2 Å². The van der Waals surface area contributed by atoms with E-state index in [1.165, 1.54) is 6.42 Å². The number of methoxy groups -OCH3 is 1. The Hall–Kier alpha value is -0.160. The molecule has 2 nitrogen and oxygen atoms in total. The molecule has 1 aromatic carbocycles. The van der Waals surface area contributed by atoms with E-state index in [2.05, 4.69) is 22.6 Å². The zero-order chi connectivity index (χ0) is 11.1. The molecule has 0 atom stereocenters. The number of rotatable bonds is 6. The highest BCUT2D eigenvalue weighted by Gasteiger charge is 2.02. The maximum absolute atomic E-state index is 6.01. The number of ether oxygens (including phenoxy) is 2. The number of hydrogen-bond donors (Lipinski definition) is 0. The van der Waals surface area contributed by atoms with Gasteiger partial charge in [-0.15, -0.1) is 0 Å². The predicted octanol–water partition coefficient (Wildman–Crippen LogP) is 3.94. The van der Waals surface area contributed by atoms with Crippen molar-refractivity contribution in [2.45, 2.75) is 12.8 Å². The Kier molecular flexibility index (Phi) is 6.17. The Morgan fingerprint density at radius 3 is 2.73 bits per heavy atom. The van der Waals surface area contributed by atoms with Crippen molar-refractivity contribution in [1.82, 2.24) is 0 Å². The van der Waals surface area contributed by atoms with Gasteiger partial charge < -0.3 is 9.47 Å². The molecule has 0 fully saturated rings. The van der Waals surface area contributed by atoms with Crippen LogP contribution in [-0.2, 0) is 0 Å². The highest BCUT2D eigenvalue weighted by atomic mass is 127. The van der Waals surface area contributed by atoms with Gasteiger partial charge in [0.15, 0.2) is 0 Å². The molecule has 1 rings (SSSR count). The van der Waals surface area contributed by atoms with Crippen LogP contribution in [0.25, 0.3) is 0 Å². The minimum absolute atomic E-state index is 0.601. The fraction of sp³-hybridized carbons (Fsp3) is 0.455. The fourth-order valence-electron chi connectivity index (χ4n) is 1.10. The summed E-state index contributed by atoms with van der Waals surface area (Å²) in [5.41, 5.74) is 0. The lowest BCUT2D eigenvalue weighted by molar-refractivity contribution is 0.309. The maximum Gasteiger partial charge on any atom is 0.138 e. The Bertz CT molecular complexity index is 305. The lowest BCUT2D eigenvalue weighted by atomic mass is 10.3. The first kappa shape index (κ1) is 12.9. The van der Waals surface area contributed by atoms with Crippen molar-refractivity contribution < 1.29 is 9.47 Å². The molecule has 0 N–H and O–H groups in total. The van der Waals surface area contributed by atoms with Gasteiger partial charge in [-0.25, -0.2) is 0 Å². The standard InChI is InChI=1S/C11H14ClIO2/c1-14-9-4-5-11(10(12)8-9)15-7-3-2-6-13/h4-5,8H,2-3,6-7H2,1H3. The van der Waals surface area contributed by atoms with Gasteiger partial charge >= 0.3 is 0 Å². The Morgan fingerprint density at radius 2 is 2.13 bits per heavy atom. The van der Waals surface area contributed by atoms with Gasteiger partial charge in [-0.2, -0.15) is 0 Å². The molecule has 0 radical (unpaired) electrons. The van der Waals surface area contributed by atoms with Crippen molar-refractivity contribution in [1.29, 1.82) is 0 Å². The number of hydrogen-bond acceptors (Lipinski definition) is 2. The fourth-order valence-corrected chi connectivity index (χ4v) is 1.87. The topological polar surface area (TPSA) is 18.5 Å². The third-order valence-electron chi connectivity index (χ3n) is 1.92. The lowest BCUT2D eigenvalue weighted by Crippen LogP contribution is -1.98. The van der Waals surface area contributed by atoms with Crippen LogP contribution in [0.1, 0.15) is 12.8 Å². The van der Waals surface area contributed by atoms with Gasteiger partial charge in [0.25, 0.3) is 0 Å². The van der Waals surface area contributed by atoms with Crippen LogP contribution in [0.4, 0.5) is 0 Å². The summed E-state index contributed by atoms with van der Waals surface area (Å²) in [6, 6.07) is 5.44. The summed E-state index contributed by atoms with van der Waals surface area (Å²) >= 11 is 8.37. The summed E-state index contributed by atoms with van der Waals surface area (Å²) in [6.07, 6.45) is 2.24. The normalized spacial score (nSPS) is 10.1. The van der Waals surface area contributed by atoms with Crippen molar-refractivity contribution in [3.8, 4) is 11.5 Å². The van der Waals surface area contributed by atoms with Gasteiger partial charge in [0.2, 0.25) is 0 Å². The summed E-state index contributed by atoms with van der Waals surface area (Å²) < 4.78 is 11.8. The molecular formula is C11H14ClIO2. The number of benzene rings is 1.